The van der Waals surface area contributed by atoms with Crippen LogP contribution in [0.15, 0.2) is 36.4 Å². The summed E-state index contributed by atoms with van der Waals surface area (Å²) >= 11 is 0. The van der Waals surface area contributed by atoms with E-state index in [0.29, 0.717) is 83.1 Å². The average molecular weight is 661 g/mol. The van der Waals surface area contributed by atoms with Gasteiger partial charge in [-0.1, -0.05) is 46.2 Å². The monoisotopic (exact) mass is 660 g/mol. The van der Waals surface area contributed by atoms with E-state index in [4.69, 9.17) is 14.2 Å². The highest BCUT2D eigenvalue weighted by atomic mass is 16.5. The first-order valence-corrected chi connectivity index (χ1v) is 16.9. The lowest BCUT2D eigenvalue weighted by molar-refractivity contribution is 0.00977. The molecule has 47 heavy (non-hydrogen) atoms. The molecule has 0 saturated heterocycles. The molecule has 2 aromatic rings. The molecule has 3 N–H and O–H groups in total. The first kappa shape index (κ1) is 40.2. The summed E-state index contributed by atoms with van der Waals surface area (Å²) in [5.74, 6) is -1.65. The molecular formula is C35H56N4O8. The number of pyridine rings is 2. The molecule has 0 spiro atoms. The van der Waals surface area contributed by atoms with E-state index in [1.807, 2.05) is 12.1 Å². The Morgan fingerprint density at radius 2 is 1.43 bits per heavy atom. The topological polar surface area (TPSA) is 155 Å². The molecule has 2 aromatic heterocycles. The molecule has 264 valence electrons. The van der Waals surface area contributed by atoms with Gasteiger partial charge in [-0.3, -0.25) is 9.80 Å². The Balaban J connectivity index is 1.87. The summed E-state index contributed by atoms with van der Waals surface area (Å²) in [6.07, 6.45) is 5.00. The van der Waals surface area contributed by atoms with Crippen LogP contribution in [0.2, 0.25) is 0 Å². The highest BCUT2D eigenvalue weighted by Gasteiger charge is 2.23. The van der Waals surface area contributed by atoms with Crippen LogP contribution in [0.4, 0.5) is 0 Å². The Kier molecular flexibility index (Phi) is 20.0. The van der Waals surface area contributed by atoms with Crippen molar-refractivity contribution in [2.45, 2.75) is 78.5 Å². The molecule has 0 aliphatic rings. The van der Waals surface area contributed by atoms with Crippen LogP contribution in [-0.4, -0.2) is 119 Å². The van der Waals surface area contributed by atoms with Crippen molar-refractivity contribution in [2.75, 3.05) is 65.8 Å². The van der Waals surface area contributed by atoms with Crippen LogP contribution < -0.4 is 0 Å². The molecule has 2 rings (SSSR count). The lowest BCUT2D eigenvalue weighted by Gasteiger charge is -2.31. The molecule has 2 atom stereocenters. The summed E-state index contributed by atoms with van der Waals surface area (Å²) in [5, 5.41) is 28.6. The second kappa shape index (κ2) is 23.3. The predicted molar refractivity (Wildman–Crippen MR) is 180 cm³/mol. The van der Waals surface area contributed by atoms with Gasteiger partial charge < -0.3 is 29.5 Å². The fraction of sp³-hybridized carbons (Fsp3) is 0.657. The van der Waals surface area contributed by atoms with E-state index in [2.05, 4.69) is 47.5 Å². The molecule has 0 fully saturated rings. The van der Waals surface area contributed by atoms with E-state index in [1.54, 1.807) is 12.1 Å². The van der Waals surface area contributed by atoms with E-state index < -0.39 is 11.9 Å². The van der Waals surface area contributed by atoms with Gasteiger partial charge >= 0.3 is 11.9 Å². The first-order valence-electron chi connectivity index (χ1n) is 16.9. The average Bonchev–Trinajstić information content (AvgIpc) is 3.05. The summed E-state index contributed by atoms with van der Waals surface area (Å²) in [6.45, 7) is 13.5. The van der Waals surface area contributed by atoms with Crippen LogP contribution in [0.25, 0.3) is 0 Å². The predicted octanol–water partition coefficient (Wildman–Crippen LogP) is 4.78. The van der Waals surface area contributed by atoms with Gasteiger partial charge in [0, 0.05) is 32.7 Å². The van der Waals surface area contributed by atoms with Crippen molar-refractivity contribution < 1.29 is 39.1 Å². The third-order valence-electron chi connectivity index (χ3n) is 7.86. The number of aromatic carboxylic acids is 2. The third-order valence-corrected chi connectivity index (χ3v) is 7.86. The molecular weight excluding hydrogens is 604 g/mol. The first-order chi connectivity index (χ1) is 22.7. The number of ether oxygens (including phenoxy) is 3. The molecule has 0 aliphatic carbocycles. The van der Waals surface area contributed by atoms with E-state index in [-0.39, 0.29) is 30.1 Å². The number of aromatic nitrogens is 2. The fourth-order valence-corrected chi connectivity index (χ4v) is 5.28. The number of hydrogen-bond acceptors (Lipinski definition) is 10. The van der Waals surface area contributed by atoms with Crippen LogP contribution >= 0.6 is 0 Å². The maximum Gasteiger partial charge on any atom is 0.354 e. The lowest BCUT2D eigenvalue weighted by Crippen LogP contribution is -2.35. The SMILES string of the molecule is CCCC(CC)OCCN(CCOCCOCCN(CCO)C(CCC(C)C)c1cccc(C(=O)O)n1)Cc1cccc(C(=O)O)n1. The normalized spacial score (nSPS) is 13.0. The number of aliphatic hydroxyl groups is 1. The molecule has 2 unspecified atom stereocenters. The molecule has 0 aromatic carbocycles. The van der Waals surface area contributed by atoms with Gasteiger partial charge in [0.05, 0.1) is 63.2 Å². The smallest absolute Gasteiger partial charge is 0.354 e. The number of carbonyl (C=O) groups is 2. The maximum atomic E-state index is 11.5. The number of rotatable bonds is 27. The zero-order chi connectivity index (χ0) is 34.4. The number of nitrogens with zero attached hydrogens (tertiary/aromatic N) is 4. The van der Waals surface area contributed by atoms with Crippen LogP contribution in [0.3, 0.4) is 0 Å². The summed E-state index contributed by atoms with van der Waals surface area (Å²) < 4.78 is 17.9. The minimum absolute atomic E-state index is 0.00664. The summed E-state index contributed by atoms with van der Waals surface area (Å²) in [7, 11) is 0. The lowest BCUT2D eigenvalue weighted by atomic mass is 9.99. The van der Waals surface area contributed by atoms with E-state index in [9.17, 15) is 24.9 Å². The van der Waals surface area contributed by atoms with Crippen LogP contribution in [0.1, 0.15) is 98.2 Å². The van der Waals surface area contributed by atoms with Crippen LogP contribution in [-0.2, 0) is 20.8 Å². The Morgan fingerprint density at radius 3 is 2.04 bits per heavy atom. The van der Waals surface area contributed by atoms with Gasteiger partial charge in [-0.25, -0.2) is 19.6 Å². The van der Waals surface area contributed by atoms with Crippen molar-refractivity contribution in [3.8, 4) is 0 Å². The van der Waals surface area contributed by atoms with E-state index >= 15 is 0 Å². The quantitative estimate of drug-likeness (QED) is 0.113. The van der Waals surface area contributed by atoms with Crippen molar-refractivity contribution in [2.24, 2.45) is 5.92 Å². The molecule has 0 saturated carbocycles. The van der Waals surface area contributed by atoms with Gasteiger partial charge in [-0.15, -0.1) is 0 Å². The Morgan fingerprint density at radius 1 is 0.787 bits per heavy atom. The number of carboxylic acids is 2. The van der Waals surface area contributed by atoms with E-state index in [1.165, 1.54) is 12.1 Å². The molecule has 0 bridgehead atoms. The van der Waals surface area contributed by atoms with Crippen molar-refractivity contribution in [3.63, 3.8) is 0 Å². The largest absolute Gasteiger partial charge is 0.477 e. The molecule has 0 amide bonds. The van der Waals surface area contributed by atoms with Gasteiger partial charge in [-0.05, 0) is 55.9 Å². The molecule has 0 radical (unpaired) electrons. The van der Waals surface area contributed by atoms with Crippen LogP contribution in [0, 0.1) is 5.92 Å². The fourth-order valence-electron chi connectivity index (χ4n) is 5.28. The van der Waals surface area contributed by atoms with Crippen LogP contribution in [0.5, 0.6) is 0 Å². The van der Waals surface area contributed by atoms with Gasteiger partial charge in [0.15, 0.2) is 0 Å². The van der Waals surface area contributed by atoms with Crippen molar-refractivity contribution in [1.82, 2.24) is 19.8 Å². The zero-order valence-electron chi connectivity index (χ0n) is 28.7. The molecule has 12 nitrogen and oxygen atoms in total. The number of hydrogen-bond donors (Lipinski definition) is 3. The zero-order valence-corrected chi connectivity index (χ0v) is 28.7. The molecule has 2 heterocycles. The van der Waals surface area contributed by atoms with E-state index in [0.717, 1.165) is 32.1 Å². The number of aliphatic hydroxyl groups excluding tert-OH is 1. The van der Waals surface area contributed by atoms with Gasteiger partial charge in [-0.2, -0.15) is 0 Å². The summed E-state index contributed by atoms with van der Waals surface area (Å²) in [5.41, 5.74) is 1.39. The van der Waals surface area contributed by atoms with Crippen molar-refractivity contribution in [3.05, 3.63) is 59.2 Å². The Bertz CT molecular complexity index is 1170. The second-order valence-corrected chi connectivity index (χ2v) is 12.0. The van der Waals surface area contributed by atoms with Gasteiger partial charge in [0.25, 0.3) is 0 Å². The Hall–Kier alpha value is -3.00. The minimum Gasteiger partial charge on any atom is -0.477 e. The van der Waals surface area contributed by atoms with Gasteiger partial charge in [0.1, 0.15) is 11.4 Å². The highest BCUT2D eigenvalue weighted by Crippen LogP contribution is 2.26. The maximum absolute atomic E-state index is 11.5. The molecule has 12 heteroatoms. The third kappa shape index (κ3) is 16.1. The minimum atomic E-state index is -1.07. The number of carboxylic acid groups (broad SMARTS) is 2. The van der Waals surface area contributed by atoms with Crippen molar-refractivity contribution in [1.29, 1.82) is 0 Å². The summed E-state index contributed by atoms with van der Waals surface area (Å²) in [6, 6.07) is 9.93. The molecule has 0 aliphatic heterocycles. The summed E-state index contributed by atoms with van der Waals surface area (Å²) in [4.78, 5) is 35.9. The van der Waals surface area contributed by atoms with Gasteiger partial charge in [0.2, 0.25) is 0 Å². The Labute approximate surface area is 280 Å². The highest BCUT2D eigenvalue weighted by molar-refractivity contribution is 5.85. The standard InChI is InChI=1S/C35H56N4O8/c1-5-9-29(6-2)47-23-18-38(26-28-10-7-12-31(36-28)34(41)42)17-21-45-24-25-46-22-19-39(16-20-40)33(15-14-27(3)4)30-11-8-13-32(37-30)35(43)44/h7-8,10-13,27,29,33,40H,5-6,9,14-26H2,1-4H3,(H,41,42)(H,43,44). The van der Waals surface area contributed by atoms with Crippen molar-refractivity contribution >= 4 is 11.9 Å². The second-order valence-electron chi connectivity index (χ2n) is 12.0.